The number of benzene rings is 4. The van der Waals surface area contributed by atoms with Gasteiger partial charge in [-0.05, 0) is 67.9 Å². The number of ether oxygens (including phenoxy) is 1. The highest BCUT2D eigenvalue weighted by molar-refractivity contribution is 6.09. The highest BCUT2D eigenvalue weighted by Gasteiger charge is 2.41. The molecule has 0 saturated carbocycles. The molecule has 1 aromatic heterocycles. The first-order valence-corrected chi connectivity index (χ1v) is 14.0. The van der Waals surface area contributed by atoms with Gasteiger partial charge < -0.3 is 14.3 Å². The third-order valence-corrected chi connectivity index (χ3v) is 7.71. The summed E-state index contributed by atoms with van der Waals surface area (Å²) in [6, 6.07) is 30.4. The third kappa shape index (κ3) is 5.42. The summed E-state index contributed by atoms with van der Waals surface area (Å²) in [4.78, 5) is 25.8. The number of hydrogen-bond donors (Lipinski definition) is 1. The van der Waals surface area contributed by atoms with Gasteiger partial charge in [-0.25, -0.2) is 9.59 Å². The molecule has 0 radical (unpaired) electrons. The van der Waals surface area contributed by atoms with Crippen LogP contribution in [0.4, 0.5) is 4.79 Å². The van der Waals surface area contributed by atoms with E-state index in [-0.39, 0.29) is 5.92 Å². The van der Waals surface area contributed by atoms with Crippen LogP contribution in [-0.2, 0) is 16.0 Å². The van der Waals surface area contributed by atoms with Crippen LogP contribution in [0.25, 0.3) is 44.2 Å². The van der Waals surface area contributed by atoms with E-state index < -0.39 is 23.7 Å². The molecule has 1 N–H and O–H groups in total. The molecule has 4 aromatic carbocycles. The molecule has 2 heterocycles. The average Bonchev–Trinajstić information content (AvgIpc) is 3.55. The monoisotopic (exact) mass is 547 g/mol. The van der Waals surface area contributed by atoms with Crippen LogP contribution >= 0.6 is 0 Å². The van der Waals surface area contributed by atoms with Crippen molar-refractivity contribution in [2.75, 3.05) is 6.54 Å². The minimum Gasteiger partial charge on any atom is -0.480 e. The first kappa shape index (κ1) is 26.6. The zero-order chi connectivity index (χ0) is 28.7. The molecule has 41 heavy (non-hydrogen) atoms. The Morgan fingerprint density at radius 3 is 2.17 bits per heavy atom. The van der Waals surface area contributed by atoms with Crippen molar-refractivity contribution in [3.8, 4) is 22.3 Å². The Labute approximate surface area is 239 Å². The van der Waals surface area contributed by atoms with Crippen molar-refractivity contribution in [2.45, 2.75) is 45.3 Å². The van der Waals surface area contributed by atoms with Crippen molar-refractivity contribution < 1.29 is 23.8 Å². The molecular weight excluding hydrogens is 514 g/mol. The van der Waals surface area contributed by atoms with Crippen LogP contribution in [0.2, 0.25) is 0 Å². The van der Waals surface area contributed by atoms with E-state index in [0.29, 0.717) is 19.4 Å². The van der Waals surface area contributed by atoms with E-state index >= 15 is 0 Å². The van der Waals surface area contributed by atoms with Crippen LogP contribution in [0.5, 0.6) is 0 Å². The maximum absolute atomic E-state index is 12.6. The number of furan rings is 1. The Morgan fingerprint density at radius 1 is 0.854 bits per heavy atom. The molecule has 1 aliphatic heterocycles. The Morgan fingerprint density at radius 2 is 1.49 bits per heavy atom. The van der Waals surface area contributed by atoms with Gasteiger partial charge in [0.05, 0.1) is 0 Å². The standard InChI is InChI=1S/C35H33NO5/c1-35(2,3)41-34(39)36-21-23(20-30(36)33(37)38)19-22-11-13-24(14-12-22)25-15-17-26(18-16-25)27-8-6-9-29-28-7-4-5-10-31(28)40-32(27)29/h4-18,23,30H,19-21H2,1-3H3,(H,37,38). The molecule has 6 heteroatoms. The number of carboxylic acid groups (broad SMARTS) is 1. The third-order valence-electron chi connectivity index (χ3n) is 7.71. The molecule has 2 atom stereocenters. The number of hydrogen-bond acceptors (Lipinski definition) is 4. The zero-order valence-electron chi connectivity index (χ0n) is 23.5. The van der Waals surface area contributed by atoms with Gasteiger partial charge in [-0.2, -0.15) is 0 Å². The van der Waals surface area contributed by atoms with E-state index in [0.717, 1.165) is 49.8 Å². The van der Waals surface area contributed by atoms with Gasteiger partial charge in [0.25, 0.3) is 0 Å². The van der Waals surface area contributed by atoms with E-state index in [1.807, 2.05) is 18.2 Å². The highest BCUT2D eigenvalue weighted by atomic mass is 16.6. The summed E-state index contributed by atoms with van der Waals surface area (Å²) in [7, 11) is 0. The molecule has 6 rings (SSSR count). The predicted molar refractivity (Wildman–Crippen MR) is 161 cm³/mol. The van der Waals surface area contributed by atoms with Crippen LogP contribution < -0.4 is 0 Å². The van der Waals surface area contributed by atoms with E-state index in [4.69, 9.17) is 9.15 Å². The number of carboxylic acids is 1. The second kappa shape index (κ2) is 10.4. The normalized spacial score (nSPS) is 17.3. The zero-order valence-corrected chi connectivity index (χ0v) is 23.5. The van der Waals surface area contributed by atoms with E-state index in [9.17, 15) is 14.7 Å². The van der Waals surface area contributed by atoms with Crippen molar-refractivity contribution in [1.82, 2.24) is 4.90 Å². The van der Waals surface area contributed by atoms with Crippen LogP contribution in [0.3, 0.4) is 0 Å². The molecule has 0 aliphatic carbocycles. The van der Waals surface area contributed by atoms with Gasteiger partial charge in [0, 0.05) is 22.9 Å². The van der Waals surface area contributed by atoms with Gasteiger partial charge in [-0.3, -0.25) is 4.90 Å². The second-order valence-corrected chi connectivity index (χ2v) is 11.8. The lowest BCUT2D eigenvalue weighted by Gasteiger charge is -2.26. The van der Waals surface area contributed by atoms with Crippen LogP contribution in [0.15, 0.2) is 95.4 Å². The number of likely N-dealkylation sites (tertiary alicyclic amines) is 1. The Bertz CT molecular complexity index is 1730. The first-order valence-electron chi connectivity index (χ1n) is 14.0. The molecule has 1 amide bonds. The largest absolute Gasteiger partial charge is 0.480 e. The van der Waals surface area contributed by atoms with Crippen molar-refractivity contribution in [1.29, 1.82) is 0 Å². The van der Waals surface area contributed by atoms with E-state index in [1.165, 1.54) is 4.90 Å². The summed E-state index contributed by atoms with van der Waals surface area (Å²) in [5.41, 5.74) is 6.60. The van der Waals surface area contributed by atoms with Crippen molar-refractivity contribution in [3.63, 3.8) is 0 Å². The molecule has 1 aliphatic rings. The molecule has 1 saturated heterocycles. The number of nitrogens with zero attached hydrogens (tertiary/aromatic N) is 1. The quantitative estimate of drug-likeness (QED) is 0.240. The predicted octanol–water partition coefficient (Wildman–Crippen LogP) is 8.17. The van der Waals surface area contributed by atoms with Crippen molar-refractivity contribution in [3.05, 3.63) is 96.6 Å². The van der Waals surface area contributed by atoms with Gasteiger partial charge in [0.15, 0.2) is 0 Å². The fourth-order valence-corrected chi connectivity index (χ4v) is 5.81. The highest BCUT2D eigenvalue weighted by Crippen LogP contribution is 2.36. The maximum atomic E-state index is 12.6. The Balaban J connectivity index is 1.16. The van der Waals surface area contributed by atoms with Crippen molar-refractivity contribution >= 4 is 34.0 Å². The molecule has 0 bridgehead atoms. The number of carbonyl (C=O) groups is 2. The molecule has 1 fully saturated rings. The summed E-state index contributed by atoms with van der Waals surface area (Å²) in [5, 5.41) is 11.9. The summed E-state index contributed by atoms with van der Waals surface area (Å²) in [6.07, 6.45) is 0.544. The van der Waals surface area contributed by atoms with Crippen LogP contribution in [0.1, 0.15) is 32.8 Å². The lowest BCUT2D eigenvalue weighted by Crippen LogP contribution is -2.43. The SMILES string of the molecule is CC(C)(C)OC(=O)N1CC(Cc2ccc(-c3ccc(-c4cccc5c4oc4ccccc45)cc3)cc2)CC1C(=O)O. The van der Waals surface area contributed by atoms with E-state index in [1.54, 1.807) is 20.8 Å². The van der Waals surface area contributed by atoms with Crippen molar-refractivity contribution in [2.24, 2.45) is 5.92 Å². The fraction of sp³-hybridized carbons (Fsp3) is 0.257. The Hall–Kier alpha value is -4.58. The second-order valence-electron chi connectivity index (χ2n) is 11.8. The molecule has 5 aromatic rings. The molecule has 0 spiro atoms. The number of carbonyl (C=O) groups excluding carboxylic acids is 1. The molecular formula is C35H33NO5. The lowest BCUT2D eigenvalue weighted by molar-refractivity contribution is -0.142. The number of fused-ring (bicyclic) bond motifs is 3. The smallest absolute Gasteiger partial charge is 0.411 e. The number of amides is 1. The van der Waals surface area contributed by atoms with Gasteiger partial charge >= 0.3 is 12.1 Å². The number of aliphatic carboxylic acids is 1. The fourth-order valence-electron chi connectivity index (χ4n) is 5.81. The number of para-hydroxylation sites is 2. The van der Waals surface area contributed by atoms with Gasteiger partial charge in [0.1, 0.15) is 22.8 Å². The summed E-state index contributed by atoms with van der Waals surface area (Å²) in [5.74, 6) is -0.941. The Kier molecular flexibility index (Phi) is 6.78. The average molecular weight is 548 g/mol. The first-order chi connectivity index (χ1) is 19.7. The van der Waals surface area contributed by atoms with Gasteiger partial charge in [-0.15, -0.1) is 0 Å². The molecule has 6 nitrogen and oxygen atoms in total. The molecule has 208 valence electrons. The lowest BCUT2D eigenvalue weighted by atomic mass is 9.94. The minimum absolute atomic E-state index is 0.0507. The van der Waals surface area contributed by atoms with Gasteiger partial charge in [-0.1, -0.05) is 84.9 Å². The molecule has 2 unspecified atom stereocenters. The number of rotatable bonds is 5. The minimum atomic E-state index is -0.992. The maximum Gasteiger partial charge on any atom is 0.411 e. The topological polar surface area (TPSA) is 80.0 Å². The van der Waals surface area contributed by atoms with Gasteiger partial charge in [0.2, 0.25) is 0 Å². The summed E-state index contributed by atoms with van der Waals surface area (Å²) < 4.78 is 11.7. The summed E-state index contributed by atoms with van der Waals surface area (Å²) >= 11 is 0. The van der Waals surface area contributed by atoms with E-state index in [2.05, 4.69) is 72.8 Å². The summed E-state index contributed by atoms with van der Waals surface area (Å²) in [6.45, 7) is 5.71. The van der Waals surface area contributed by atoms with Crippen LogP contribution in [-0.4, -0.2) is 40.3 Å². The van der Waals surface area contributed by atoms with Crippen LogP contribution in [0, 0.1) is 5.92 Å².